The van der Waals surface area contributed by atoms with Crippen LogP contribution in [-0.2, 0) is 9.53 Å². The van der Waals surface area contributed by atoms with Gasteiger partial charge in [0.05, 0.1) is 5.92 Å². The Balaban J connectivity index is 2.70. The molecule has 0 spiro atoms. The highest BCUT2D eigenvalue weighted by Gasteiger charge is 2.38. The number of aliphatic carboxylic acids is 1. The lowest BCUT2D eigenvalue weighted by Crippen LogP contribution is -2.48. The van der Waals surface area contributed by atoms with E-state index in [0.717, 1.165) is 0 Å². The van der Waals surface area contributed by atoms with Gasteiger partial charge in [-0.05, 0) is 33.1 Å². The van der Waals surface area contributed by atoms with Crippen LogP contribution in [0.2, 0.25) is 0 Å². The van der Waals surface area contributed by atoms with Crippen LogP contribution in [0.15, 0.2) is 0 Å². The minimum absolute atomic E-state index is 0.00375. The average Bonchev–Trinajstić information content (AvgIpc) is 2.25. The Morgan fingerprint density at radius 2 is 2.00 bits per heavy atom. The van der Waals surface area contributed by atoms with Crippen LogP contribution in [-0.4, -0.2) is 47.2 Å². The third kappa shape index (κ3) is 4.94. The lowest BCUT2D eigenvalue weighted by atomic mass is 9.83. The van der Waals surface area contributed by atoms with Crippen molar-refractivity contribution in [2.75, 3.05) is 13.1 Å². The Hall–Kier alpha value is -1.40. The van der Waals surface area contributed by atoms with Crippen LogP contribution in [0.1, 0.15) is 33.6 Å². The minimum atomic E-state index is -2.58. The zero-order valence-corrected chi connectivity index (χ0v) is 11.9. The quantitative estimate of drug-likeness (QED) is 0.868. The van der Waals surface area contributed by atoms with Crippen molar-refractivity contribution in [3.8, 4) is 0 Å². The van der Waals surface area contributed by atoms with E-state index in [1.165, 1.54) is 4.90 Å². The van der Waals surface area contributed by atoms with Crippen molar-refractivity contribution in [1.82, 2.24) is 4.90 Å². The number of likely N-dealkylation sites (tertiary alicyclic amines) is 1. The normalized spacial score (nSPS) is 23.8. The van der Waals surface area contributed by atoms with Crippen LogP contribution < -0.4 is 0 Å². The van der Waals surface area contributed by atoms with E-state index >= 15 is 0 Å². The van der Waals surface area contributed by atoms with Crippen LogP contribution in [0.3, 0.4) is 0 Å². The molecule has 2 atom stereocenters. The molecule has 1 aliphatic heterocycles. The molecule has 1 saturated heterocycles. The molecule has 0 saturated carbocycles. The Labute approximate surface area is 116 Å². The van der Waals surface area contributed by atoms with Gasteiger partial charge in [-0.15, -0.1) is 0 Å². The van der Waals surface area contributed by atoms with E-state index in [-0.39, 0.29) is 19.5 Å². The Morgan fingerprint density at radius 3 is 2.45 bits per heavy atom. The smallest absolute Gasteiger partial charge is 0.410 e. The van der Waals surface area contributed by atoms with Crippen molar-refractivity contribution < 1.29 is 28.2 Å². The summed E-state index contributed by atoms with van der Waals surface area (Å²) in [4.78, 5) is 24.3. The Kier molecular flexibility index (Phi) is 5.30. The maximum Gasteiger partial charge on any atom is 0.410 e. The van der Waals surface area contributed by atoms with Gasteiger partial charge in [-0.3, -0.25) is 4.79 Å². The summed E-state index contributed by atoms with van der Waals surface area (Å²) in [6.45, 7) is 5.35. The first-order chi connectivity index (χ1) is 9.10. The van der Waals surface area contributed by atoms with Crippen molar-refractivity contribution in [1.29, 1.82) is 0 Å². The maximum absolute atomic E-state index is 12.5. The molecule has 0 aromatic carbocycles. The molecule has 7 heteroatoms. The van der Waals surface area contributed by atoms with Crippen LogP contribution in [0, 0.1) is 11.8 Å². The third-order valence-corrected chi connectivity index (χ3v) is 3.18. The summed E-state index contributed by atoms with van der Waals surface area (Å²) in [7, 11) is 0. The molecule has 1 rings (SSSR count). The van der Waals surface area contributed by atoms with Gasteiger partial charge in [-0.25, -0.2) is 13.6 Å². The van der Waals surface area contributed by atoms with Crippen molar-refractivity contribution in [3.63, 3.8) is 0 Å². The summed E-state index contributed by atoms with van der Waals surface area (Å²) < 4.78 is 30.2. The molecular formula is C13H21F2NO4. The van der Waals surface area contributed by atoms with Gasteiger partial charge in [0, 0.05) is 19.5 Å². The van der Waals surface area contributed by atoms with Crippen molar-refractivity contribution in [2.45, 2.75) is 45.6 Å². The van der Waals surface area contributed by atoms with E-state index in [1.54, 1.807) is 20.8 Å². The molecule has 20 heavy (non-hydrogen) atoms. The van der Waals surface area contributed by atoms with Gasteiger partial charge in [0.25, 0.3) is 0 Å². The van der Waals surface area contributed by atoms with E-state index in [0.29, 0.717) is 0 Å². The molecule has 0 bridgehead atoms. The summed E-state index contributed by atoms with van der Waals surface area (Å²) in [5.41, 5.74) is -0.668. The van der Waals surface area contributed by atoms with E-state index < -0.39 is 42.3 Å². The van der Waals surface area contributed by atoms with Gasteiger partial charge >= 0.3 is 12.1 Å². The zero-order valence-electron chi connectivity index (χ0n) is 11.9. The number of nitrogens with zero attached hydrogens (tertiary/aromatic N) is 1. The predicted octanol–water partition coefficient (Wildman–Crippen LogP) is 2.60. The molecule has 0 aromatic heterocycles. The standard InChI is InChI=1S/C13H21F2NO4/c1-13(2,3)20-12(19)16-5-4-9(11(17)18)8(7-16)6-10(14)15/h8-10H,4-7H2,1-3H3,(H,17,18). The first kappa shape index (κ1) is 16.7. The van der Waals surface area contributed by atoms with Crippen molar-refractivity contribution >= 4 is 12.1 Å². The lowest BCUT2D eigenvalue weighted by Gasteiger charge is -2.37. The first-order valence-corrected chi connectivity index (χ1v) is 6.59. The Morgan fingerprint density at radius 1 is 1.40 bits per heavy atom. The van der Waals surface area contributed by atoms with Crippen LogP contribution >= 0.6 is 0 Å². The number of piperidine rings is 1. The zero-order chi connectivity index (χ0) is 15.5. The highest BCUT2D eigenvalue weighted by atomic mass is 19.3. The summed E-state index contributed by atoms with van der Waals surface area (Å²) >= 11 is 0. The number of carboxylic acid groups (broad SMARTS) is 1. The molecule has 5 nitrogen and oxygen atoms in total. The molecule has 1 fully saturated rings. The molecule has 2 unspecified atom stereocenters. The van der Waals surface area contributed by atoms with E-state index in [2.05, 4.69) is 0 Å². The molecular weight excluding hydrogens is 272 g/mol. The van der Waals surface area contributed by atoms with Crippen LogP contribution in [0.25, 0.3) is 0 Å². The maximum atomic E-state index is 12.5. The van der Waals surface area contributed by atoms with Gasteiger partial charge in [-0.2, -0.15) is 0 Å². The molecule has 116 valence electrons. The number of amides is 1. The lowest BCUT2D eigenvalue weighted by molar-refractivity contribution is -0.146. The highest BCUT2D eigenvalue weighted by Crippen LogP contribution is 2.29. The number of ether oxygens (including phenoxy) is 1. The number of rotatable bonds is 3. The number of halogens is 2. The van der Waals surface area contributed by atoms with E-state index in [9.17, 15) is 18.4 Å². The topological polar surface area (TPSA) is 66.8 Å². The first-order valence-electron chi connectivity index (χ1n) is 6.59. The number of carbonyl (C=O) groups excluding carboxylic acids is 1. The number of carbonyl (C=O) groups is 2. The second-order valence-corrected chi connectivity index (χ2v) is 6.05. The fraction of sp³-hybridized carbons (Fsp3) is 0.846. The van der Waals surface area contributed by atoms with Gasteiger partial charge in [0.2, 0.25) is 6.43 Å². The monoisotopic (exact) mass is 293 g/mol. The number of hydrogen-bond acceptors (Lipinski definition) is 3. The van der Waals surface area contributed by atoms with Crippen molar-refractivity contribution in [2.24, 2.45) is 11.8 Å². The third-order valence-electron chi connectivity index (χ3n) is 3.18. The Bertz CT molecular complexity index is 368. The van der Waals surface area contributed by atoms with E-state index in [4.69, 9.17) is 9.84 Å². The largest absolute Gasteiger partial charge is 0.481 e. The fourth-order valence-corrected chi connectivity index (χ4v) is 2.32. The predicted molar refractivity (Wildman–Crippen MR) is 67.7 cm³/mol. The summed E-state index contributed by atoms with van der Waals surface area (Å²) in [5.74, 6) is -2.66. The summed E-state index contributed by atoms with van der Waals surface area (Å²) in [6, 6.07) is 0. The molecule has 1 heterocycles. The number of hydrogen-bond donors (Lipinski definition) is 1. The van der Waals surface area contributed by atoms with Gasteiger partial charge in [-0.1, -0.05) is 0 Å². The summed E-state index contributed by atoms with van der Waals surface area (Å²) in [6.07, 6.45) is -3.51. The number of carboxylic acids is 1. The van der Waals surface area contributed by atoms with Gasteiger partial charge < -0.3 is 14.7 Å². The molecule has 1 amide bonds. The molecule has 0 aliphatic carbocycles. The van der Waals surface area contributed by atoms with Crippen LogP contribution in [0.5, 0.6) is 0 Å². The number of alkyl halides is 2. The minimum Gasteiger partial charge on any atom is -0.481 e. The van der Waals surface area contributed by atoms with Crippen LogP contribution in [0.4, 0.5) is 13.6 Å². The highest BCUT2D eigenvalue weighted by molar-refractivity contribution is 5.72. The SMILES string of the molecule is CC(C)(C)OC(=O)N1CCC(C(=O)O)C(CC(F)F)C1. The molecule has 0 radical (unpaired) electrons. The van der Waals surface area contributed by atoms with Gasteiger partial charge in [0.15, 0.2) is 0 Å². The molecule has 0 aromatic rings. The molecule has 1 aliphatic rings. The fourth-order valence-electron chi connectivity index (χ4n) is 2.32. The second kappa shape index (κ2) is 6.37. The average molecular weight is 293 g/mol. The second-order valence-electron chi connectivity index (χ2n) is 6.05. The van der Waals surface area contributed by atoms with Gasteiger partial charge in [0.1, 0.15) is 5.60 Å². The van der Waals surface area contributed by atoms with E-state index in [1.807, 2.05) is 0 Å². The molecule has 1 N–H and O–H groups in total. The summed E-state index contributed by atoms with van der Waals surface area (Å²) in [5, 5.41) is 9.05. The van der Waals surface area contributed by atoms with Crippen molar-refractivity contribution in [3.05, 3.63) is 0 Å².